The quantitative estimate of drug-likeness (QED) is 0.0703. The Morgan fingerprint density at radius 1 is 0.731 bits per heavy atom. The van der Waals surface area contributed by atoms with Gasteiger partial charge in [-0.05, 0) is 85.1 Å². The number of esters is 1. The summed E-state index contributed by atoms with van der Waals surface area (Å²) in [5, 5.41) is 10.2. The predicted octanol–water partition coefficient (Wildman–Crippen LogP) is 3.77. The van der Waals surface area contributed by atoms with E-state index in [0.717, 1.165) is 0 Å². The van der Waals surface area contributed by atoms with Crippen molar-refractivity contribution < 1.29 is 47.8 Å². The van der Waals surface area contributed by atoms with Crippen LogP contribution in [0.25, 0.3) is 0 Å². The molecule has 0 radical (unpaired) electrons. The summed E-state index contributed by atoms with van der Waals surface area (Å²) in [6.07, 6.45) is -1.14. The predicted molar refractivity (Wildman–Crippen MR) is 194 cm³/mol. The zero-order chi connectivity index (χ0) is 39.6. The zero-order valence-corrected chi connectivity index (χ0v) is 32.4. The molecule has 0 aliphatic rings. The van der Waals surface area contributed by atoms with Crippen LogP contribution in [0.1, 0.15) is 99.5 Å². The molecule has 15 nitrogen and oxygen atoms in total. The maximum atomic E-state index is 13.7. The molecule has 0 aliphatic carbocycles. The van der Waals surface area contributed by atoms with Gasteiger partial charge in [0.25, 0.3) is 5.91 Å². The Kier molecular flexibility index (Phi) is 18.8. The van der Waals surface area contributed by atoms with Gasteiger partial charge in [0.2, 0.25) is 17.6 Å². The number of amides is 5. The van der Waals surface area contributed by atoms with Gasteiger partial charge in [-0.15, -0.1) is 0 Å². The highest BCUT2D eigenvalue weighted by atomic mass is 16.6. The van der Waals surface area contributed by atoms with Gasteiger partial charge >= 0.3 is 18.2 Å². The van der Waals surface area contributed by atoms with Gasteiger partial charge in [-0.2, -0.15) is 0 Å². The van der Waals surface area contributed by atoms with Crippen molar-refractivity contribution in [2.45, 2.75) is 130 Å². The molecule has 3 atom stereocenters. The molecule has 0 unspecified atom stereocenters. The largest absolute Gasteiger partial charge is 0.460 e. The minimum atomic E-state index is -1.38. The number of hydrogen-bond acceptors (Lipinski definition) is 10. The second-order valence-electron chi connectivity index (χ2n) is 15.1. The molecule has 1 aromatic carbocycles. The summed E-state index contributed by atoms with van der Waals surface area (Å²) in [5.41, 5.74) is -0.779. The van der Waals surface area contributed by atoms with Crippen LogP contribution in [0, 0.1) is 5.92 Å². The number of nitrogens with zero attached hydrogens (tertiary/aromatic N) is 1. The van der Waals surface area contributed by atoms with Crippen molar-refractivity contribution in [2.75, 3.05) is 20.6 Å². The molecule has 0 heterocycles. The number of carbonyl (C=O) groups excluding carboxylic acids is 7. The fourth-order valence-corrected chi connectivity index (χ4v) is 4.74. The molecule has 0 aliphatic heterocycles. The van der Waals surface area contributed by atoms with Crippen LogP contribution in [-0.2, 0) is 44.8 Å². The molecule has 0 fully saturated rings. The fraction of sp³-hybridized carbons (Fsp3) is 0.649. The monoisotopic (exact) mass is 733 g/mol. The van der Waals surface area contributed by atoms with Gasteiger partial charge in [0.05, 0.1) is 6.04 Å². The minimum Gasteiger partial charge on any atom is -0.460 e. The Labute approximate surface area is 307 Å². The smallest absolute Gasteiger partial charge is 0.408 e. The molecule has 0 saturated carbocycles. The van der Waals surface area contributed by atoms with E-state index in [-0.39, 0.29) is 51.2 Å². The second-order valence-corrected chi connectivity index (χ2v) is 15.1. The lowest BCUT2D eigenvalue weighted by Gasteiger charge is -2.25. The standard InChI is InChI=1S/C37H59N5O10/c1-24(2)22-28(33(47)42(9)10)40-32(46)30(44)26(18-14-15-21-38-34(48)52-37(6,7)8)39-31(45)27(19-20-29(43)51-36(3,4)5)41-35(49)50-23-25-16-12-11-13-17-25/h11-13,16-17,24,26-28H,14-15,18-23H2,1-10H3,(H,38,48)(H,39,45)(H,40,46)(H,41,49)/t26-,27-,28-/m0/s1. The highest BCUT2D eigenvalue weighted by Gasteiger charge is 2.33. The van der Waals surface area contributed by atoms with E-state index in [1.807, 2.05) is 13.8 Å². The third-order valence-corrected chi connectivity index (χ3v) is 7.07. The van der Waals surface area contributed by atoms with Gasteiger partial charge < -0.3 is 40.4 Å². The maximum absolute atomic E-state index is 13.7. The molecule has 0 aromatic heterocycles. The van der Waals surface area contributed by atoms with Crippen LogP contribution < -0.4 is 21.3 Å². The Morgan fingerprint density at radius 3 is 1.90 bits per heavy atom. The highest BCUT2D eigenvalue weighted by Crippen LogP contribution is 2.13. The van der Waals surface area contributed by atoms with Gasteiger partial charge in [-0.1, -0.05) is 44.2 Å². The third-order valence-electron chi connectivity index (χ3n) is 7.07. The summed E-state index contributed by atoms with van der Waals surface area (Å²) in [5.74, 6) is -3.93. The molecule has 52 heavy (non-hydrogen) atoms. The lowest BCUT2D eigenvalue weighted by atomic mass is 10.0. The van der Waals surface area contributed by atoms with Crippen LogP contribution in [0.4, 0.5) is 9.59 Å². The van der Waals surface area contributed by atoms with E-state index in [9.17, 15) is 33.6 Å². The minimum absolute atomic E-state index is 0.00993. The number of carbonyl (C=O) groups is 7. The Balaban J connectivity index is 3.22. The van der Waals surface area contributed by atoms with Crippen molar-refractivity contribution in [1.82, 2.24) is 26.2 Å². The van der Waals surface area contributed by atoms with E-state index >= 15 is 0 Å². The normalized spacial score (nSPS) is 13.1. The van der Waals surface area contributed by atoms with E-state index < -0.39 is 71.0 Å². The first kappa shape index (κ1) is 45.3. The van der Waals surface area contributed by atoms with Crippen molar-refractivity contribution >= 4 is 41.7 Å². The van der Waals surface area contributed by atoms with Crippen molar-refractivity contribution in [3.8, 4) is 0 Å². The SMILES string of the molecule is CC(C)C[C@H](NC(=O)C(=O)[C@H](CCCCNC(=O)OC(C)(C)C)NC(=O)[C@H](CCC(=O)OC(C)(C)C)NC(=O)OCc1ccccc1)C(=O)N(C)C. The molecule has 292 valence electrons. The average molecular weight is 734 g/mol. The number of ketones is 1. The molecule has 4 N–H and O–H groups in total. The molecule has 15 heteroatoms. The van der Waals surface area contributed by atoms with Crippen molar-refractivity contribution in [2.24, 2.45) is 5.92 Å². The van der Waals surface area contributed by atoms with Gasteiger partial charge in [-0.3, -0.25) is 24.0 Å². The Hall–Kier alpha value is -4.69. The summed E-state index contributed by atoms with van der Waals surface area (Å²) in [6.45, 7) is 14.1. The van der Waals surface area contributed by atoms with Gasteiger partial charge in [-0.25, -0.2) is 9.59 Å². The average Bonchev–Trinajstić information content (AvgIpc) is 3.02. The number of ether oxygens (including phenoxy) is 3. The van der Waals surface area contributed by atoms with Crippen LogP contribution in [0.5, 0.6) is 0 Å². The molecule has 1 aromatic rings. The van der Waals surface area contributed by atoms with Gasteiger partial charge in [0, 0.05) is 27.1 Å². The highest BCUT2D eigenvalue weighted by molar-refractivity contribution is 6.38. The van der Waals surface area contributed by atoms with E-state index in [1.54, 1.807) is 71.9 Å². The molecular weight excluding hydrogens is 674 g/mol. The lowest BCUT2D eigenvalue weighted by molar-refractivity contribution is -0.155. The van der Waals surface area contributed by atoms with E-state index in [4.69, 9.17) is 14.2 Å². The molecule has 0 spiro atoms. The number of alkyl carbamates (subject to hydrolysis) is 2. The van der Waals surface area contributed by atoms with E-state index in [2.05, 4.69) is 21.3 Å². The number of rotatable bonds is 19. The second kappa shape index (κ2) is 21.6. The van der Waals surface area contributed by atoms with Crippen LogP contribution >= 0.6 is 0 Å². The first-order chi connectivity index (χ1) is 24.1. The van der Waals surface area contributed by atoms with E-state index in [1.165, 1.54) is 19.0 Å². The number of hydrogen-bond donors (Lipinski definition) is 4. The Morgan fingerprint density at radius 2 is 1.35 bits per heavy atom. The zero-order valence-electron chi connectivity index (χ0n) is 32.4. The lowest BCUT2D eigenvalue weighted by Crippen LogP contribution is -2.56. The number of benzene rings is 1. The molecule has 1 rings (SSSR count). The number of nitrogens with one attached hydrogen (secondary N) is 4. The summed E-state index contributed by atoms with van der Waals surface area (Å²) in [6, 6.07) is 5.14. The number of likely N-dealkylation sites (N-methyl/N-ethyl adjacent to an activating group) is 1. The molecule has 0 saturated heterocycles. The molecule has 0 bridgehead atoms. The van der Waals surface area contributed by atoms with Crippen LogP contribution in [0.15, 0.2) is 30.3 Å². The molecule has 5 amide bonds. The van der Waals surface area contributed by atoms with Crippen LogP contribution in [0.3, 0.4) is 0 Å². The van der Waals surface area contributed by atoms with Gasteiger partial charge in [0.1, 0.15) is 29.9 Å². The number of Topliss-reactive ketones (excluding diaryl/α,β-unsaturated/α-hetero) is 1. The Bertz CT molecular complexity index is 1350. The first-order valence-electron chi connectivity index (χ1n) is 17.6. The summed E-state index contributed by atoms with van der Waals surface area (Å²) in [4.78, 5) is 92.2. The maximum Gasteiger partial charge on any atom is 0.408 e. The summed E-state index contributed by atoms with van der Waals surface area (Å²) < 4.78 is 15.9. The number of unbranched alkanes of at least 4 members (excludes halogenated alkanes) is 1. The van der Waals surface area contributed by atoms with Gasteiger partial charge in [0.15, 0.2) is 0 Å². The summed E-state index contributed by atoms with van der Waals surface area (Å²) in [7, 11) is 3.07. The first-order valence-corrected chi connectivity index (χ1v) is 17.6. The van der Waals surface area contributed by atoms with Crippen LogP contribution in [-0.4, -0.2) is 96.5 Å². The molecular formula is C37H59N5O10. The summed E-state index contributed by atoms with van der Waals surface area (Å²) >= 11 is 0. The van der Waals surface area contributed by atoms with E-state index in [0.29, 0.717) is 12.0 Å². The van der Waals surface area contributed by atoms with Crippen LogP contribution in [0.2, 0.25) is 0 Å². The fourth-order valence-electron chi connectivity index (χ4n) is 4.74. The van der Waals surface area contributed by atoms with Crippen molar-refractivity contribution in [3.63, 3.8) is 0 Å². The van der Waals surface area contributed by atoms with Crippen molar-refractivity contribution in [3.05, 3.63) is 35.9 Å². The topological polar surface area (TPSA) is 199 Å². The third kappa shape index (κ3) is 19.6. The van der Waals surface area contributed by atoms with Crippen molar-refractivity contribution in [1.29, 1.82) is 0 Å².